The molecule has 0 aliphatic carbocycles. The van der Waals surface area contributed by atoms with Crippen molar-refractivity contribution in [2.45, 2.75) is 38.8 Å². The van der Waals surface area contributed by atoms with Crippen LogP contribution in [0.3, 0.4) is 0 Å². The van der Waals surface area contributed by atoms with Crippen LogP contribution in [0.5, 0.6) is 0 Å². The zero-order valence-electron chi connectivity index (χ0n) is 10.4. The normalized spacial score (nSPS) is 13.9. The number of carbonyl (C=O) groups is 1. The van der Waals surface area contributed by atoms with Gasteiger partial charge in [0, 0.05) is 32.7 Å². The van der Waals surface area contributed by atoms with Gasteiger partial charge in [0.1, 0.15) is 0 Å². The minimum absolute atomic E-state index is 0.0000236. The van der Waals surface area contributed by atoms with Crippen LogP contribution in [0.4, 0.5) is 0 Å². The maximum absolute atomic E-state index is 11.6. The number of carbonyl (C=O) groups excluding carboxylic acids is 1. The Hall–Kier alpha value is -1.05. The Kier molecular flexibility index (Phi) is 8.59. The largest absolute Gasteiger partial charge is 0.385 e. The van der Waals surface area contributed by atoms with E-state index in [0.29, 0.717) is 19.6 Å². The fourth-order valence-corrected chi connectivity index (χ4v) is 1.32. The summed E-state index contributed by atoms with van der Waals surface area (Å²) in [5.41, 5.74) is 0. The van der Waals surface area contributed by atoms with Crippen LogP contribution in [0.15, 0.2) is 0 Å². The van der Waals surface area contributed by atoms with Gasteiger partial charge in [-0.25, -0.2) is 0 Å². The summed E-state index contributed by atoms with van der Waals surface area (Å²) in [6.45, 7) is 5.10. The molecule has 0 heterocycles. The van der Waals surface area contributed by atoms with Crippen LogP contribution in [0, 0.1) is 12.3 Å². The van der Waals surface area contributed by atoms with Gasteiger partial charge in [-0.05, 0) is 20.3 Å². The Morgan fingerprint density at radius 3 is 2.75 bits per heavy atom. The van der Waals surface area contributed by atoms with Gasteiger partial charge < -0.3 is 15.4 Å². The Bertz CT molecular complexity index is 236. The van der Waals surface area contributed by atoms with Gasteiger partial charge in [0.15, 0.2) is 0 Å². The van der Waals surface area contributed by atoms with Crippen molar-refractivity contribution in [2.75, 3.05) is 20.3 Å². The van der Waals surface area contributed by atoms with E-state index < -0.39 is 0 Å². The van der Waals surface area contributed by atoms with E-state index in [2.05, 4.69) is 16.6 Å². The van der Waals surface area contributed by atoms with Crippen molar-refractivity contribution >= 4 is 5.91 Å². The van der Waals surface area contributed by atoms with Gasteiger partial charge in [0.25, 0.3) is 0 Å². The lowest BCUT2D eigenvalue weighted by Crippen LogP contribution is -2.45. The first-order chi connectivity index (χ1) is 7.61. The first-order valence-electron chi connectivity index (χ1n) is 5.58. The minimum atomic E-state index is -0.217. The van der Waals surface area contributed by atoms with Gasteiger partial charge in [-0.15, -0.1) is 12.3 Å². The Morgan fingerprint density at radius 1 is 1.50 bits per heavy atom. The molecule has 0 aliphatic heterocycles. The standard InChI is InChI=1S/C12H22N2O2/c1-5-7-10(2)14-11(3)12(15)13-8-6-9-16-4/h1,10-11,14H,6-9H2,2-4H3,(H,13,15). The number of rotatable bonds is 8. The van der Waals surface area contributed by atoms with Crippen LogP contribution in [-0.2, 0) is 9.53 Å². The molecule has 2 atom stereocenters. The number of methoxy groups -OCH3 is 1. The second-order valence-corrected chi connectivity index (χ2v) is 3.84. The molecular weight excluding hydrogens is 204 g/mol. The zero-order valence-corrected chi connectivity index (χ0v) is 10.4. The molecule has 0 aromatic rings. The molecule has 1 amide bonds. The monoisotopic (exact) mass is 226 g/mol. The van der Waals surface area contributed by atoms with Gasteiger partial charge in [0.05, 0.1) is 6.04 Å². The fraction of sp³-hybridized carbons (Fsp3) is 0.750. The smallest absolute Gasteiger partial charge is 0.236 e. The van der Waals surface area contributed by atoms with Crippen LogP contribution >= 0.6 is 0 Å². The highest BCUT2D eigenvalue weighted by Crippen LogP contribution is 1.92. The topological polar surface area (TPSA) is 50.4 Å². The van der Waals surface area contributed by atoms with Crippen LogP contribution in [-0.4, -0.2) is 38.3 Å². The highest BCUT2D eigenvalue weighted by Gasteiger charge is 2.13. The quantitative estimate of drug-likeness (QED) is 0.469. The van der Waals surface area contributed by atoms with Gasteiger partial charge in [-0.1, -0.05) is 0 Å². The predicted octanol–water partition coefficient (Wildman–Crippen LogP) is 0.529. The molecule has 16 heavy (non-hydrogen) atoms. The summed E-state index contributed by atoms with van der Waals surface area (Å²) in [5, 5.41) is 5.97. The van der Waals surface area contributed by atoms with Crippen LogP contribution < -0.4 is 10.6 Å². The highest BCUT2D eigenvalue weighted by atomic mass is 16.5. The highest BCUT2D eigenvalue weighted by molar-refractivity contribution is 5.81. The molecule has 0 fully saturated rings. The third kappa shape index (κ3) is 7.27. The van der Waals surface area contributed by atoms with Gasteiger partial charge >= 0.3 is 0 Å². The number of nitrogens with one attached hydrogen (secondary N) is 2. The average molecular weight is 226 g/mol. The summed E-state index contributed by atoms with van der Waals surface area (Å²) >= 11 is 0. The summed E-state index contributed by atoms with van der Waals surface area (Å²) < 4.78 is 4.89. The first kappa shape index (κ1) is 14.9. The molecule has 0 aliphatic rings. The molecule has 2 N–H and O–H groups in total. The molecule has 0 saturated heterocycles. The summed E-state index contributed by atoms with van der Waals surface area (Å²) in [7, 11) is 1.65. The molecule has 0 radical (unpaired) electrons. The average Bonchev–Trinajstić information content (AvgIpc) is 2.24. The second-order valence-electron chi connectivity index (χ2n) is 3.84. The summed E-state index contributed by atoms with van der Waals surface area (Å²) in [4.78, 5) is 11.6. The summed E-state index contributed by atoms with van der Waals surface area (Å²) in [5.74, 6) is 2.56. The number of amides is 1. The van der Waals surface area contributed by atoms with Crippen LogP contribution in [0.1, 0.15) is 26.7 Å². The second kappa shape index (κ2) is 9.20. The van der Waals surface area contributed by atoms with E-state index in [-0.39, 0.29) is 18.0 Å². The molecular formula is C12H22N2O2. The van der Waals surface area contributed by atoms with E-state index >= 15 is 0 Å². The van der Waals surface area contributed by atoms with E-state index in [4.69, 9.17) is 11.2 Å². The number of ether oxygens (including phenoxy) is 1. The van der Waals surface area contributed by atoms with E-state index in [1.807, 2.05) is 13.8 Å². The number of hydrogen-bond donors (Lipinski definition) is 2. The van der Waals surface area contributed by atoms with Crippen molar-refractivity contribution in [3.63, 3.8) is 0 Å². The molecule has 0 bridgehead atoms. The Labute approximate surface area is 98.1 Å². The van der Waals surface area contributed by atoms with Gasteiger partial charge in [-0.2, -0.15) is 0 Å². The Balaban J connectivity index is 3.69. The number of terminal acetylenes is 1. The van der Waals surface area contributed by atoms with Crippen LogP contribution in [0.2, 0.25) is 0 Å². The lowest BCUT2D eigenvalue weighted by molar-refractivity contribution is -0.122. The fourth-order valence-electron chi connectivity index (χ4n) is 1.32. The van der Waals surface area contributed by atoms with E-state index in [0.717, 1.165) is 6.42 Å². The van der Waals surface area contributed by atoms with Gasteiger partial charge in [0.2, 0.25) is 5.91 Å². The molecule has 92 valence electrons. The molecule has 0 rings (SSSR count). The third-order valence-electron chi connectivity index (χ3n) is 2.18. The van der Waals surface area contributed by atoms with Crippen molar-refractivity contribution in [3.8, 4) is 12.3 Å². The van der Waals surface area contributed by atoms with Crippen molar-refractivity contribution in [1.82, 2.24) is 10.6 Å². The van der Waals surface area contributed by atoms with Gasteiger partial charge in [-0.3, -0.25) is 4.79 Å². The SMILES string of the molecule is C#CCC(C)NC(C)C(=O)NCCCOC. The van der Waals surface area contributed by atoms with Crippen LogP contribution in [0.25, 0.3) is 0 Å². The minimum Gasteiger partial charge on any atom is -0.385 e. The van der Waals surface area contributed by atoms with Crippen molar-refractivity contribution in [3.05, 3.63) is 0 Å². The molecule has 0 aromatic carbocycles. The van der Waals surface area contributed by atoms with E-state index in [1.54, 1.807) is 7.11 Å². The molecule has 0 spiro atoms. The lowest BCUT2D eigenvalue weighted by Gasteiger charge is -2.17. The summed E-state index contributed by atoms with van der Waals surface area (Å²) in [6.07, 6.45) is 6.64. The third-order valence-corrected chi connectivity index (χ3v) is 2.18. The number of hydrogen-bond acceptors (Lipinski definition) is 3. The summed E-state index contributed by atoms with van der Waals surface area (Å²) in [6, 6.07) is -0.0596. The Morgan fingerprint density at radius 2 is 2.19 bits per heavy atom. The molecule has 0 aromatic heterocycles. The predicted molar refractivity (Wildman–Crippen MR) is 65.0 cm³/mol. The van der Waals surface area contributed by atoms with E-state index in [1.165, 1.54) is 0 Å². The molecule has 4 nitrogen and oxygen atoms in total. The maximum atomic E-state index is 11.6. The maximum Gasteiger partial charge on any atom is 0.236 e. The first-order valence-corrected chi connectivity index (χ1v) is 5.58. The zero-order chi connectivity index (χ0) is 12.4. The molecule has 4 heteroatoms. The molecule has 0 saturated carbocycles. The van der Waals surface area contributed by atoms with Crippen molar-refractivity contribution in [1.29, 1.82) is 0 Å². The molecule has 2 unspecified atom stereocenters. The van der Waals surface area contributed by atoms with Crippen molar-refractivity contribution < 1.29 is 9.53 Å². The van der Waals surface area contributed by atoms with E-state index in [9.17, 15) is 4.79 Å². The van der Waals surface area contributed by atoms with Crippen molar-refractivity contribution in [2.24, 2.45) is 0 Å². The lowest BCUT2D eigenvalue weighted by atomic mass is 10.2.